The maximum absolute atomic E-state index is 12.9. The van der Waals surface area contributed by atoms with Crippen molar-refractivity contribution in [3.05, 3.63) is 57.0 Å². The van der Waals surface area contributed by atoms with E-state index in [-0.39, 0.29) is 17.4 Å². The number of hydrogen-bond acceptors (Lipinski definition) is 7. The summed E-state index contributed by atoms with van der Waals surface area (Å²) in [6, 6.07) is 6.53. The first-order valence-corrected chi connectivity index (χ1v) is 10.0. The first kappa shape index (κ1) is 20.0. The van der Waals surface area contributed by atoms with Crippen LogP contribution >= 0.6 is 11.8 Å². The number of fused-ring (bicyclic) bond motifs is 1. The zero-order valence-corrected chi connectivity index (χ0v) is 17.0. The second-order valence-electron chi connectivity index (χ2n) is 6.71. The fourth-order valence-electron chi connectivity index (χ4n) is 3.22. The van der Waals surface area contributed by atoms with E-state index in [1.165, 1.54) is 17.8 Å². The van der Waals surface area contributed by atoms with Crippen LogP contribution < -0.4 is 10.9 Å². The Bertz CT molecular complexity index is 997. The fraction of sp³-hybridized carbons (Fsp3) is 0.350. The molecule has 148 valence electrons. The van der Waals surface area contributed by atoms with Crippen molar-refractivity contribution in [2.24, 2.45) is 0 Å². The fourth-order valence-corrected chi connectivity index (χ4v) is 3.82. The molecule has 1 aromatic carbocycles. The highest BCUT2D eigenvalue weighted by atomic mass is 32.2. The SMILES string of the molecule is CCSc1nc2c(c(=O)[nH]1)C(c1cccc(O)c1)C(C(=O)OC(C)C)=C(C)N2. The van der Waals surface area contributed by atoms with Gasteiger partial charge in [0, 0.05) is 5.70 Å². The number of esters is 1. The van der Waals surface area contributed by atoms with Crippen molar-refractivity contribution < 1.29 is 14.6 Å². The molecular formula is C20H23N3O4S. The van der Waals surface area contributed by atoms with E-state index in [2.05, 4.69) is 15.3 Å². The van der Waals surface area contributed by atoms with Gasteiger partial charge in [-0.1, -0.05) is 30.8 Å². The number of aromatic nitrogens is 2. The molecule has 1 aliphatic rings. The van der Waals surface area contributed by atoms with Crippen LogP contribution in [0.3, 0.4) is 0 Å². The lowest BCUT2D eigenvalue weighted by Gasteiger charge is -2.29. The Labute approximate surface area is 167 Å². The molecule has 0 aliphatic carbocycles. The normalized spacial score (nSPS) is 16.0. The predicted molar refractivity (Wildman–Crippen MR) is 109 cm³/mol. The number of phenolic OH excluding ortho intramolecular Hbond substituents is 1. The number of ether oxygens (including phenoxy) is 1. The van der Waals surface area contributed by atoms with E-state index in [4.69, 9.17) is 4.74 Å². The molecule has 3 N–H and O–H groups in total. The summed E-state index contributed by atoms with van der Waals surface area (Å²) in [5.74, 6) is 0.0105. The number of carbonyl (C=O) groups excluding carboxylic acids is 1. The number of aromatic hydroxyl groups is 1. The van der Waals surface area contributed by atoms with Crippen LogP contribution in [0.15, 0.2) is 45.5 Å². The maximum atomic E-state index is 12.9. The third-order valence-corrected chi connectivity index (χ3v) is 5.02. The number of allylic oxidation sites excluding steroid dienone is 1. The van der Waals surface area contributed by atoms with Gasteiger partial charge in [0.1, 0.15) is 11.6 Å². The number of thioether (sulfide) groups is 1. The number of phenols is 1. The summed E-state index contributed by atoms with van der Waals surface area (Å²) >= 11 is 1.42. The van der Waals surface area contributed by atoms with Gasteiger partial charge in [0.2, 0.25) is 0 Å². The van der Waals surface area contributed by atoms with Crippen molar-refractivity contribution in [3.8, 4) is 5.75 Å². The molecule has 0 radical (unpaired) electrons. The molecule has 0 bridgehead atoms. The van der Waals surface area contributed by atoms with Gasteiger partial charge in [-0.05, 0) is 44.2 Å². The number of anilines is 1. The van der Waals surface area contributed by atoms with Crippen molar-refractivity contribution in [2.45, 2.75) is 44.9 Å². The Morgan fingerprint density at radius 3 is 2.79 bits per heavy atom. The van der Waals surface area contributed by atoms with Gasteiger partial charge in [0.25, 0.3) is 5.56 Å². The maximum Gasteiger partial charge on any atom is 0.337 e. The van der Waals surface area contributed by atoms with E-state index in [9.17, 15) is 14.7 Å². The number of aromatic amines is 1. The van der Waals surface area contributed by atoms with Crippen LogP contribution in [-0.4, -0.2) is 32.9 Å². The molecule has 0 fully saturated rings. The summed E-state index contributed by atoms with van der Waals surface area (Å²) in [6.45, 7) is 7.26. The standard InChI is InChI=1S/C20H23N3O4S/c1-5-28-20-22-17-16(18(25)23-20)15(12-7-6-8-13(24)9-12)14(11(4)21-17)19(26)27-10(2)3/h6-10,15,24H,5H2,1-4H3,(H2,21,22,23,25). The zero-order valence-electron chi connectivity index (χ0n) is 16.2. The van der Waals surface area contributed by atoms with Gasteiger partial charge in [-0.3, -0.25) is 4.79 Å². The number of hydrogen-bond donors (Lipinski definition) is 3. The quantitative estimate of drug-likeness (QED) is 0.401. The smallest absolute Gasteiger partial charge is 0.337 e. The van der Waals surface area contributed by atoms with Crippen LogP contribution in [-0.2, 0) is 9.53 Å². The molecule has 2 heterocycles. The monoisotopic (exact) mass is 401 g/mol. The molecule has 0 amide bonds. The van der Waals surface area contributed by atoms with E-state index in [0.717, 1.165) is 5.75 Å². The minimum atomic E-state index is -0.702. The number of H-pyrrole nitrogens is 1. The lowest BCUT2D eigenvalue weighted by atomic mass is 9.82. The van der Waals surface area contributed by atoms with E-state index < -0.39 is 11.9 Å². The number of rotatable bonds is 5. The third kappa shape index (κ3) is 3.91. The van der Waals surface area contributed by atoms with Crippen molar-refractivity contribution in [1.29, 1.82) is 0 Å². The third-order valence-electron chi connectivity index (χ3n) is 4.27. The van der Waals surface area contributed by atoms with Crippen molar-refractivity contribution in [1.82, 2.24) is 9.97 Å². The average molecular weight is 401 g/mol. The summed E-state index contributed by atoms with van der Waals surface area (Å²) < 4.78 is 5.42. The molecule has 28 heavy (non-hydrogen) atoms. The Balaban J connectivity index is 2.23. The first-order valence-electron chi connectivity index (χ1n) is 9.06. The zero-order chi connectivity index (χ0) is 20.4. The second-order valence-corrected chi connectivity index (χ2v) is 7.96. The highest BCUT2D eigenvalue weighted by Crippen LogP contribution is 2.40. The lowest BCUT2D eigenvalue weighted by molar-refractivity contribution is -0.143. The molecule has 0 spiro atoms. The minimum absolute atomic E-state index is 0.0503. The molecule has 1 unspecified atom stereocenters. The van der Waals surface area contributed by atoms with Gasteiger partial charge in [-0.15, -0.1) is 0 Å². The van der Waals surface area contributed by atoms with Crippen molar-refractivity contribution in [3.63, 3.8) is 0 Å². The molecular weight excluding hydrogens is 378 g/mol. The van der Waals surface area contributed by atoms with Gasteiger partial charge in [0.05, 0.1) is 23.2 Å². The van der Waals surface area contributed by atoms with Crippen LogP contribution in [0.25, 0.3) is 0 Å². The molecule has 1 atom stereocenters. The molecule has 1 aliphatic heterocycles. The number of nitrogens with one attached hydrogen (secondary N) is 2. The first-order chi connectivity index (χ1) is 13.3. The molecule has 3 rings (SSSR count). The highest BCUT2D eigenvalue weighted by Gasteiger charge is 2.36. The van der Waals surface area contributed by atoms with E-state index >= 15 is 0 Å². The van der Waals surface area contributed by atoms with Crippen LogP contribution in [0.5, 0.6) is 5.75 Å². The van der Waals surface area contributed by atoms with E-state index in [0.29, 0.717) is 33.4 Å². The Morgan fingerprint density at radius 2 is 2.14 bits per heavy atom. The molecule has 2 aromatic rings. The number of nitrogens with zero attached hydrogens (tertiary/aromatic N) is 1. The van der Waals surface area contributed by atoms with Crippen LogP contribution in [0, 0.1) is 0 Å². The predicted octanol–water partition coefficient (Wildman–Crippen LogP) is 3.37. The molecule has 7 nitrogen and oxygen atoms in total. The number of benzene rings is 1. The largest absolute Gasteiger partial charge is 0.508 e. The highest BCUT2D eigenvalue weighted by molar-refractivity contribution is 7.99. The van der Waals surface area contributed by atoms with Crippen LogP contribution in [0.2, 0.25) is 0 Å². The minimum Gasteiger partial charge on any atom is -0.508 e. The van der Waals surface area contributed by atoms with E-state index in [1.807, 2.05) is 6.92 Å². The summed E-state index contributed by atoms with van der Waals surface area (Å²) in [7, 11) is 0. The van der Waals surface area contributed by atoms with Gasteiger partial charge < -0.3 is 20.1 Å². The Morgan fingerprint density at radius 1 is 1.39 bits per heavy atom. The van der Waals surface area contributed by atoms with Crippen molar-refractivity contribution in [2.75, 3.05) is 11.1 Å². The van der Waals surface area contributed by atoms with Gasteiger partial charge in [0.15, 0.2) is 5.16 Å². The Hall–Kier alpha value is -2.74. The van der Waals surface area contributed by atoms with Crippen molar-refractivity contribution >= 4 is 23.5 Å². The van der Waals surface area contributed by atoms with E-state index in [1.54, 1.807) is 39.0 Å². The molecule has 1 aromatic heterocycles. The van der Waals surface area contributed by atoms with Crippen LogP contribution in [0.4, 0.5) is 5.82 Å². The summed E-state index contributed by atoms with van der Waals surface area (Å²) in [5.41, 5.74) is 1.50. The van der Waals surface area contributed by atoms with Crippen LogP contribution in [0.1, 0.15) is 44.7 Å². The summed E-state index contributed by atoms with van der Waals surface area (Å²) in [6.07, 6.45) is -0.307. The molecule has 0 saturated heterocycles. The molecule has 8 heteroatoms. The summed E-state index contributed by atoms with van der Waals surface area (Å²) in [4.78, 5) is 33.1. The van der Waals surface area contributed by atoms with Gasteiger partial charge in [-0.2, -0.15) is 0 Å². The van der Waals surface area contributed by atoms with Gasteiger partial charge in [-0.25, -0.2) is 9.78 Å². The summed E-state index contributed by atoms with van der Waals surface area (Å²) in [5, 5.41) is 13.6. The topological polar surface area (TPSA) is 104 Å². The average Bonchev–Trinajstić information content (AvgIpc) is 2.60. The lowest BCUT2D eigenvalue weighted by Crippen LogP contribution is -2.31. The second kappa shape index (κ2) is 8.10. The van der Waals surface area contributed by atoms with Gasteiger partial charge >= 0.3 is 5.97 Å². The number of carbonyl (C=O) groups is 1. The Kier molecular flexibility index (Phi) is 5.79. The molecule has 0 saturated carbocycles.